The van der Waals surface area contributed by atoms with Gasteiger partial charge in [-0.25, -0.2) is 0 Å². The lowest BCUT2D eigenvalue weighted by molar-refractivity contribution is -0.123. The van der Waals surface area contributed by atoms with Crippen LogP contribution in [0.15, 0.2) is 24.3 Å². The zero-order chi connectivity index (χ0) is 16.3. The van der Waals surface area contributed by atoms with Crippen molar-refractivity contribution < 1.29 is 14.3 Å². The van der Waals surface area contributed by atoms with Crippen LogP contribution in [-0.4, -0.2) is 50.7 Å². The van der Waals surface area contributed by atoms with Crippen LogP contribution < -0.4 is 14.8 Å². The van der Waals surface area contributed by atoms with E-state index < -0.39 is 0 Å². The average molecular weight is 320 g/mol. The molecule has 0 atom stereocenters. The molecule has 1 N–H and O–H groups in total. The molecular formula is C18H28N2O3. The molecule has 0 spiro atoms. The Bertz CT molecular complexity index is 454. The smallest absolute Gasteiger partial charge is 0.257 e. The largest absolute Gasteiger partial charge is 0.497 e. The van der Waals surface area contributed by atoms with Crippen LogP contribution in [0.3, 0.4) is 0 Å². The van der Waals surface area contributed by atoms with Gasteiger partial charge in [0.15, 0.2) is 6.61 Å². The van der Waals surface area contributed by atoms with Gasteiger partial charge in [-0.1, -0.05) is 12.8 Å². The number of carbonyl (C=O) groups is 1. The van der Waals surface area contributed by atoms with Crippen LogP contribution in [0, 0.1) is 0 Å². The summed E-state index contributed by atoms with van der Waals surface area (Å²) < 4.78 is 10.5. The molecule has 0 bridgehead atoms. The Labute approximate surface area is 139 Å². The molecule has 0 aromatic heterocycles. The molecule has 23 heavy (non-hydrogen) atoms. The molecule has 2 rings (SSSR count). The Kier molecular flexibility index (Phi) is 7.73. The summed E-state index contributed by atoms with van der Waals surface area (Å²) in [5.74, 6) is 1.37. The van der Waals surface area contributed by atoms with Crippen molar-refractivity contribution in [2.45, 2.75) is 32.1 Å². The van der Waals surface area contributed by atoms with Crippen LogP contribution in [0.4, 0.5) is 0 Å². The second kappa shape index (κ2) is 10.1. The molecule has 0 saturated carbocycles. The Morgan fingerprint density at radius 3 is 2.39 bits per heavy atom. The van der Waals surface area contributed by atoms with E-state index in [4.69, 9.17) is 9.47 Å². The van der Waals surface area contributed by atoms with Crippen molar-refractivity contribution in [2.24, 2.45) is 0 Å². The summed E-state index contributed by atoms with van der Waals surface area (Å²) in [5.41, 5.74) is 0. The first kappa shape index (κ1) is 17.6. The Balaban J connectivity index is 1.55. The van der Waals surface area contributed by atoms with Crippen LogP contribution >= 0.6 is 0 Å². The zero-order valence-corrected chi connectivity index (χ0v) is 14.1. The number of amides is 1. The maximum absolute atomic E-state index is 11.8. The first-order valence-corrected chi connectivity index (χ1v) is 8.54. The summed E-state index contributed by atoms with van der Waals surface area (Å²) in [4.78, 5) is 14.3. The molecule has 1 aliphatic heterocycles. The van der Waals surface area contributed by atoms with Gasteiger partial charge in [-0.2, -0.15) is 0 Å². The van der Waals surface area contributed by atoms with Gasteiger partial charge in [0, 0.05) is 6.54 Å². The highest BCUT2D eigenvalue weighted by molar-refractivity contribution is 5.77. The maximum Gasteiger partial charge on any atom is 0.257 e. The molecule has 1 aliphatic rings. The maximum atomic E-state index is 11.8. The normalized spacial score (nSPS) is 15.7. The predicted molar refractivity (Wildman–Crippen MR) is 91.0 cm³/mol. The Morgan fingerprint density at radius 1 is 1.09 bits per heavy atom. The van der Waals surface area contributed by atoms with E-state index in [1.165, 1.54) is 38.8 Å². The van der Waals surface area contributed by atoms with E-state index in [0.29, 0.717) is 12.3 Å². The van der Waals surface area contributed by atoms with Crippen molar-refractivity contribution in [2.75, 3.05) is 39.9 Å². The molecule has 0 unspecified atom stereocenters. The summed E-state index contributed by atoms with van der Waals surface area (Å²) in [6.07, 6.45) is 6.32. The fraction of sp³-hybridized carbons (Fsp3) is 0.611. The molecule has 1 amide bonds. The third-order valence-corrected chi connectivity index (χ3v) is 4.10. The first-order chi connectivity index (χ1) is 11.3. The monoisotopic (exact) mass is 320 g/mol. The van der Waals surface area contributed by atoms with Crippen LogP contribution in [0.1, 0.15) is 32.1 Å². The van der Waals surface area contributed by atoms with Gasteiger partial charge in [-0.3, -0.25) is 4.79 Å². The second-order valence-electron chi connectivity index (χ2n) is 5.92. The van der Waals surface area contributed by atoms with Gasteiger partial charge < -0.3 is 19.7 Å². The highest BCUT2D eigenvalue weighted by atomic mass is 16.5. The number of nitrogens with one attached hydrogen (secondary N) is 1. The molecule has 1 aromatic rings. The van der Waals surface area contributed by atoms with Gasteiger partial charge in [0.25, 0.3) is 5.91 Å². The van der Waals surface area contributed by atoms with E-state index in [2.05, 4.69) is 10.2 Å². The summed E-state index contributed by atoms with van der Waals surface area (Å²) in [7, 11) is 1.62. The van der Waals surface area contributed by atoms with E-state index in [1.54, 1.807) is 19.2 Å². The van der Waals surface area contributed by atoms with E-state index in [9.17, 15) is 4.79 Å². The lowest BCUT2D eigenvalue weighted by atomic mass is 10.2. The number of likely N-dealkylation sites (tertiary alicyclic amines) is 1. The van der Waals surface area contributed by atoms with Crippen molar-refractivity contribution in [3.63, 3.8) is 0 Å². The quantitative estimate of drug-likeness (QED) is 0.748. The van der Waals surface area contributed by atoms with E-state index in [-0.39, 0.29) is 12.5 Å². The van der Waals surface area contributed by atoms with Gasteiger partial charge in [0.1, 0.15) is 11.5 Å². The number of nitrogens with zero attached hydrogens (tertiary/aromatic N) is 1. The number of carbonyl (C=O) groups excluding carboxylic acids is 1. The third kappa shape index (κ3) is 6.91. The number of rotatable bonds is 8. The summed E-state index contributed by atoms with van der Waals surface area (Å²) in [5, 5.41) is 2.92. The average Bonchev–Trinajstić information content (AvgIpc) is 2.86. The first-order valence-electron chi connectivity index (χ1n) is 8.54. The van der Waals surface area contributed by atoms with Crippen molar-refractivity contribution >= 4 is 5.91 Å². The molecule has 1 heterocycles. The molecule has 1 aromatic carbocycles. The van der Waals surface area contributed by atoms with E-state index in [0.717, 1.165) is 18.7 Å². The van der Waals surface area contributed by atoms with Gasteiger partial charge in [-0.05, 0) is 63.2 Å². The predicted octanol–water partition coefficient (Wildman–Crippen LogP) is 2.46. The van der Waals surface area contributed by atoms with Crippen molar-refractivity contribution in [1.82, 2.24) is 10.2 Å². The van der Waals surface area contributed by atoms with Crippen molar-refractivity contribution in [3.8, 4) is 11.5 Å². The lowest BCUT2D eigenvalue weighted by Gasteiger charge is -2.19. The molecule has 0 radical (unpaired) electrons. The number of hydrogen-bond donors (Lipinski definition) is 1. The summed E-state index contributed by atoms with van der Waals surface area (Å²) in [6.45, 7) is 4.24. The number of methoxy groups -OCH3 is 1. The van der Waals surface area contributed by atoms with Gasteiger partial charge in [0.2, 0.25) is 0 Å². The van der Waals surface area contributed by atoms with E-state index in [1.807, 2.05) is 12.1 Å². The standard InChI is InChI=1S/C18H28N2O3/c1-22-16-7-9-17(10-8-16)23-15-18(21)19-11-6-14-20-12-4-2-3-5-13-20/h7-10H,2-6,11-15H2,1H3,(H,19,21). The number of hydrogen-bond acceptors (Lipinski definition) is 4. The molecule has 0 aliphatic carbocycles. The SMILES string of the molecule is COc1ccc(OCC(=O)NCCCN2CCCCCC2)cc1. The fourth-order valence-electron chi connectivity index (χ4n) is 2.76. The summed E-state index contributed by atoms with van der Waals surface area (Å²) in [6, 6.07) is 7.22. The summed E-state index contributed by atoms with van der Waals surface area (Å²) >= 11 is 0. The highest BCUT2D eigenvalue weighted by Gasteiger charge is 2.08. The van der Waals surface area contributed by atoms with Gasteiger partial charge >= 0.3 is 0 Å². The van der Waals surface area contributed by atoms with Crippen molar-refractivity contribution in [1.29, 1.82) is 0 Å². The Hall–Kier alpha value is -1.75. The molecule has 5 nitrogen and oxygen atoms in total. The number of ether oxygens (including phenoxy) is 2. The van der Waals surface area contributed by atoms with Crippen LogP contribution in [0.5, 0.6) is 11.5 Å². The fourth-order valence-corrected chi connectivity index (χ4v) is 2.76. The number of benzene rings is 1. The highest BCUT2D eigenvalue weighted by Crippen LogP contribution is 2.16. The molecule has 5 heteroatoms. The van der Waals surface area contributed by atoms with Crippen molar-refractivity contribution in [3.05, 3.63) is 24.3 Å². The minimum absolute atomic E-state index is 0.0516. The Morgan fingerprint density at radius 2 is 1.74 bits per heavy atom. The third-order valence-electron chi connectivity index (χ3n) is 4.10. The van der Waals surface area contributed by atoms with Crippen LogP contribution in [0.25, 0.3) is 0 Å². The zero-order valence-electron chi connectivity index (χ0n) is 14.1. The van der Waals surface area contributed by atoms with Gasteiger partial charge in [-0.15, -0.1) is 0 Å². The van der Waals surface area contributed by atoms with Crippen LogP contribution in [0.2, 0.25) is 0 Å². The minimum Gasteiger partial charge on any atom is -0.497 e. The topological polar surface area (TPSA) is 50.8 Å². The molecule has 128 valence electrons. The van der Waals surface area contributed by atoms with Crippen LogP contribution in [-0.2, 0) is 4.79 Å². The van der Waals surface area contributed by atoms with E-state index >= 15 is 0 Å². The molecular weight excluding hydrogens is 292 g/mol. The minimum atomic E-state index is -0.0725. The van der Waals surface area contributed by atoms with Gasteiger partial charge in [0.05, 0.1) is 7.11 Å². The lowest BCUT2D eigenvalue weighted by Crippen LogP contribution is -2.33. The molecule has 1 fully saturated rings. The second-order valence-corrected chi connectivity index (χ2v) is 5.92. The molecule has 1 saturated heterocycles.